The van der Waals surface area contributed by atoms with E-state index in [1.807, 2.05) is 6.07 Å². The van der Waals surface area contributed by atoms with Gasteiger partial charge < -0.3 is 10.2 Å². The van der Waals surface area contributed by atoms with Gasteiger partial charge in [0.15, 0.2) is 0 Å². The van der Waals surface area contributed by atoms with E-state index < -0.39 is 0 Å². The van der Waals surface area contributed by atoms with Gasteiger partial charge in [0.2, 0.25) is 0 Å². The van der Waals surface area contributed by atoms with Crippen LogP contribution in [-0.2, 0) is 6.42 Å². The van der Waals surface area contributed by atoms with Crippen LogP contribution < -0.4 is 5.32 Å². The second-order valence-electron chi connectivity index (χ2n) is 4.57. The van der Waals surface area contributed by atoms with Crippen molar-refractivity contribution in [2.45, 2.75) is 32.2 Å². The smallest absolute Gasteiger partial charge is 0.131 e. The Morgan fingerprint density at radius 1 is 1.41 bits per heavy atom. The molecule has 5 heteroatoms. The maximum atomic E-state index is 4.50. The lowest BCUT2D eigenvalue weighted by Gasteiger charge is -2.29. The largest absolute Gasteiger partial charge is 0.367 e. The second kappa shape index (κ2) is 5.78. The number of aryl methyl sites for hydroxylation is 1. The van der Waals surface area contributed by atoms with E-state index in [-0.39, 0.29) is 0 Å². The van der Waals surface area contributed by atoms with Crippen molar-refractivity contribution in [3.8, 4) is 0 Å². The lowest BCUT2D eigenvalue weighted by atomic mass is 10.1. The molecular weight excluding hydrogens is 280 g/mol. The third kappa shape index (κ3) is 3.64. The zero-order valence-corrected chi connectivity index (χ0v) is 12.0. The van der Waals surface area contributed by atoms with Crippen LogP contribution in [0.3, 0.4) is 0 Å². The van der Waals surface area contributed by atoms with E-state index in [2.05, 4.69) is 50.1 Å². The molecule has 17 heavy (non-hydrogen) atoms. The van der Waals surface area contributed by atoms with E-state index >= 15 is 0 Å². The third-order valence-corrected chi connectivity index (χ3v) is 3.53. The minimum Gasteiger partial charge on any atom is -0.367 e. The van der Waals surface area contributed by atoms with Crippen molar-refractivity contribution < 1.29 is 0 Å². The molecule has 0 aromatic carbocycles. The number of nitrogens with zero attached hydrogens (tertiary/aromatic N) is 3. The highest BCUT2D eigenvalue weighted by Crippen LogP contribution is 2.17. The number of piperidine rings is 1. The summed E-state index contributed by atoms with van der Waals surface area (Å²) in [6.07, 6.45) is 3.22. The van der Waals surface area contributed by atoms with Crippen molar-refractivity contribution in [3.05, 3.63) is 16.5 Å². The van der Waals surface area contributed by atoms with Crippen molar-refractivity contribution in [1.82, 2.24) is 14.9 Å². The van der Waals surface area contributed by atoms with E-state index in [1.54, 1.807) is 0 Å². The summed E-state index contributed by atoms with van der Waals surface area (Å²) in [5, 5.41) is 3.51. The van der Waals surface area contributed by atoms with Crippen LogP contribution in [0.5, 0.6) is 0 Å². The average Bonchev–Trinajstić information content (AvgIpc) is 2.31. The summed E-state index contributed by atoms with van der Waals surface area (Å²) in [6, 6.07) is 2.50. The maximum absolute atomic E-state index is 4.50. The fraction of sp³-hybridized carbons (Fsp3) is 0.667. The Hall–Kier alpha value is -0.680. The second-order valence-corrected chi connectivity index (χ2v) is 5.38. The highest BCUT2D eigenvalue weighted by molar-refractivity contribution is 9.10. The molecule has 2 heterocycles. The maximum Gasteiger partial charge on any atom is 0.131 e. The SMILES string of the molecule is CCc1nc(Br)cc(NC2CCN(C)CC2)n1. The van der Waals surface area contributed by atoms with Gasteiger partial charge in [0.25, 0.3) is 0 Å². The monoisotopic (exact) mass is 298 g/mol. The minimum atomic E-state index is 0.540. The van der Waals surface area contributed by atoms with Crippen molar-refractivity contribution >= 4 is 21.7 Å². The number of hydrogen-bond acceptors (Lipinski definition) is 4. The molecule has 0 unspecified atom stereocenters. The fourth-order valence-electron chi connectivity index (χ4n) is 2.06. The first-order valence-electron chi connectivity index (χ1n) is 6.16. The van der Waals surface area contributed by atoms with Gasteiger partial charge >= 0.3 is 0 Å². The molecule has 1 aromatic rings. The molecule has 0 bridgehead atoms. The Balaban J connectivity index is 2.00. The molecule has 0 amide bonds. The van der Waals surface area contributed by atoms with Crippen LogP contribution in [-0.4, -0.2) is 41.0 Å². The van der Waals surface area contributed by atoms with Crippen LogP contribution in [0.1, 0.15) is 25.6 Å². The van der Waals surface area contributed by atoms with Gasteiger partial charge in [-0.3, -0.25) is 0 Å². The van der Waals surface area contributed by atoms with Crippen LogP contribution in [0.15, 0.2) is 10.7 Å². The van der Waals surface area contributed by atoms with Crippen molar-refractivity contribution in [2.24, 2.45) is 0 Å². The highest BCUT2D eigenvalue weighted by Gasteiger charge is 2.16. The zero-order chi connectivity index (χ0) is 12.3. The van der Waals surface area contributed by atoms with E-state index in [0.29, 0.717) is 6.04 Å². The topological polar surface area (TPSA) is 41.1 Å². The van der Waals surface area contributed by atoms with E-state index in [0.717, 1.165) is 35.8 Å². The molecule has 0 spiro atoms. The van der Waals surface area contributed by atoms with Crippen molar-refractivity contribution in [1.29, 1.82) is 0 Å². The molecule has 2 rings (SSSR count). The number of hydrogen-bond donors (Lipinski definition) is 1. The van der Waals surface area contributed by atoms with E-state index in [1.165, 1.54) is 12.8 Å². The van der Waals surface area contributed by atoms with Gasteiger partial charge in [-0.25, -0.2) is 9.97 Å². The molecule has 0 saturated carbocycles. The molecule has 1 saturated heterocycles. The Kier molecular flexibility index (Phi) is 4.34. The van der Waals surface area contributed by atoms with Crippen molar-refractivity contribution in [3.63, 3.8) is 0 Å². The number of anilines is 1. The number of likely N-dealkylation sites (tertiary alicyclic amines) is 1. The molecule has 94 valence electrons. The lowest BCUT2D eigenvalue weighted by molar-refractivity contribution is 0.263. The van der Waals surface area contributed by atoms with Crippen molar-refractivity contribution in [2.75, 3.05) is 25.5 Å². The summed E-state index contributed by atoms with van der Waals surface area (Å²) >= 11 is 3.43. The first kappa shape index (κ1) is 12.8. The van der Waals surface area contributed by atoms with Crippen LogP contribution >= 0.6 is 15.9 Å². The summed E-state index contributed by atoms with van der Waals surface area (Å²) in [7, 11) is 2.17. The molecule has 4 nitrogen and oxygen atoms in total. The van der Waals surface area contributed by atoms with E-state index in [4.69, 9.17) is 0 Å². The van der Waals surface area contributed by atoms with Crippen LogP contribution in [0.2, 0.25) is 0 Å². The lowest BCUT2D eigenvalue weighted by Crippen LogP contribution is -2.36. The predicted molar refractivity (Wildman–Crippen MR) is 73.3 cm³/mol. The molecule has 1 aliphatic heterocycles. The van der Waals surface area contributed by atoms with Gasteiger partial charge in [0.05, 0.1) is 0 Å². The number of rotatable bonds is 3. The van der Waals surface area contributed by atoms with Gasteiger partial charge in [-0.1, -0.05) is 6.92 Å². The summed E-state index contributed by atoms with van der Waals surface area (Å²) in [6.45, 7) is 4.39. The van der Waals surface area contributed by atoms with Gasteiger partial charge in [0.1, 0.15) is 16.2 Å². The minimum absolute atomic E-state index is 0.540. The first-order valence-corrected chi connectivity index (χ1v) is 6.95. The van der Waals surface area contributed by atoms with E-state index in [9.17, 15) is 0 Å². The standard InChI is InChI=1S/C12H19BrN4/c1-3-11-15-10(13)8-12(16-11)14-9-4-6-17(2)7-5-9/h8-9H,3-7H2,1-2H3,(H,14,15,16). The van der Waals surface area contributed by atoms with Gasteiger partial charge in [-0.15, -0.1) is 0 Å². The summed E-state index contributed by atoms with van der Waals surface area (Å²) < 4.78 is 0.861. The summed E-state index contributed by atoms with van der Waals surface area (Å²) in [5.41, 5.74) is 0. The Morgan fingerprint density at radius 2 is 2.12 bits per heavy atom. The predicted octanol–water partition coefficient (Wildman–Crippen LogP) is 2.31. The molecule has 1 fully saturated rings. The number of nitrogens with one attached hydrogen (secondary N) is 1. The molecule has 1 N–H and O–H groups in total. The Labute approximate surface area is 111 Å². The van der Waals surface area contributed by atoms with Crippen LogP contribution in [0.4, 0.5) is 5.82 Å². The molecular formula is C12H19BrN4. The third-order valence-electron chi connectivity index (χ3n) is 3.13. The molecule has 0 aliphatic carbocycles. The molecule has 1 aromatic heterocycles. The first-order chi connectivity index (χ1) is 8.17. The Morgan fingerprint density at radius 3 is 2.76 bits per heavy atom. The average molecular weight is 299 g/mol. The van der Waals surface area contributed by atoms with Gasteiger partial charge in [0, 0.05) is 18.5 Å². The summed E-state index contributed by atoms with van der Waals surface area (Å²) in [4.78, 5) is 11.2. The zero-order valence-electron chi connectivity index (χ0n) is 10.4. The quantitative estimate of drug-likeness (QED) is 0.870. The summed E-state index contributed by atoms with van der Waals surface area (Å²) in [5.74, 6) is 1.83. The number of halogens is 1. The normalized spacial score (nSPS) is 18.3. The molecule has 0 atom stereocenters. The van der Waals surface area contributed by atoms with Crippen LogP contribution in [0.25, 0.3) is 0 Å². The molecule has 0 radical (unpaired) electrons. The number of aromatic nitrogens is 2. The molecule has 1 aliphatic rings. The Bertz CT molecular complexity index is 375. The highest BCUT2D eigenvalue weighted by atomic mass is 79.9. The van der Waals surface area contributed by atoms with Gasteiger partial charge in [-0.05, 0) is 48.9 Å². The van der Waals surface area contributed by atoms with Gasteiger partial charge in [-0.2, -0.15) is 0 Å². The fourth-order valence-corrected chi connectivity index (χ4v) is 2.48. The van der Waals surface area contributed by atoms with Crippen LogP contribution in [0, 0.1) is 0 Å².